The average molecular weight is 320 g/mol. The fraction of sp³-hybridized carbons (Fsp3) is 0.500. The van der Waals surface area contributed by atoms with E-state index in [2.05, 4.69) is 5.32 Å². The molecule has 2 aliphatic rings. The van der Waals surface area contributed by atoms with E-state index in [9.17, 15) is 9.59 Å². The zero-order valence-corrected chi connectivity index (χ0v) is 13.1. The molecule has 1 aromatic carbocycles. The van der Waals surface area contributed by atoms with Gasteiger partial charge in [-0.1, -0.05) is 0 Å². The summed E-state index contributed by atoms with van der Waals surface area (Å²) in [6.45, 7) is 3.57. The zero-order valence-electron chi connectivity index (χ0n) is 13.1. The molecule has 1 aromatic rings. The number of anilines is 1. The minimum absolute atomic E-state index is 0.0796. The van der Waals surface area contributed by atoms with Crippen molar-refractivity contribution in [3.05, 3.63) is 18.2 Å². The molecule has 0 aliphatic carbocycles. The molecule has 1 fully saturated rings. The largest absolute Gasteiger partial charge is 0.454 e. The highest BCUT2D eigenvalue weighted by molar-refractivity contribution is 5.94. The van der Waals surface area contributed by atoms with Crippen molar-refractivity contribution in [3.8, 4) is 11.5 Å². The number of piperidine rings is 1. The smallest absolute Gasteiger partial charge is 0.282 e. The average Bonchev–Trinajstić information content (AvgIpc) is 3.01. The highest BCUT2D eigenvalue weighted by atomic mass is 16.7. The molecule has 2 aliphatic heterocycles. The Labute approximate surface area is 134 Å². The molecule has 2 amide bonds. The van der Waals surface area contributed by atoms with Crippen molar-refractivity contribution >= 4 is 17.5 Å². The van der Waals surface area contributed by atoms with Crippen LogP contribution in [0.5, 0.6) is 11.5 Å². The fourth-order valence-corrected chi connectivity index (χ4v) is 3.14. The number of nitrogens with one attached hydrogen (secondary N) is 2. The van der Waals surface area contributed by atoms with Crippen LogP contribution in [0.25, 0.3) is 0 Å². The Morgan fingerprint density at radius 3 is 2.91 bits per heavy atom. The van der Waals surface area contributed by atoms with Crippen LogP contribution in [0.4, 0.5) is 5.69 Å². The molecular formula is C16H22N3O4+. The van der Waals surface area contributed by atoms with Crippen molar-refractivity contribution in [2.24, 2.45) is 11.7 Å². The molecule has 3 rings (SSSR count). The molecule has 1 unspecified atom stereocenters. The second-order valence-corrected chi connectivity index (χ2v) is 6.13. The van der Waals surface area contributed by atoms with E-state index in [1.807, 2.05) is 6.92 Å². The predicted octanol–water partition coefficient (Wildman–Crippen LogP) is -0.477. The van der Waals surface area contributed by atoms with E-state index < -0.39 is 0 Å². The summed E-state index contributed by atoms with van der Waals surface area (Å²) in [5.41, 5.74) is 6.08. The lowest BCUT2D eigenvalue weighted by atomic mass is 9.96. The van der Waals surface area contributed by atoms with Gasteiger partial charge in [-0.05, 0) is 31.9 Å². The molecule has 0 spiro atoms. The van der Waals surface area contributed by atoms with Crippen LogP contribution in [0.1, 0.15) is 19.8 Å². The molecule has 0 saturated carbocycles. The van der Waals surface area contributed by atoms with Gasteiger partial charge >= 0.3 is 0 Å². The lowest BCUT2D eigenvalue weighted by Gasteiger charge is -2.31. The third-order valence-electron chi connectivity index (χ3n) is 4.61. The molecule has 1 saturated heterocycles. The highest BCUT2D eigenvalue weighted by Gasteiger charge is 2.33. The maximum absolute atomic E-state index is 12.5. The third-order valence-corrected chi connectivity index (χ3v) is 4.61. The number of hydrogen-bond acceptors (Lipinski definition) is 4. The Balaban J connectivity index is 1.62. The second-order valence-electron chi connectivity index (χ2n) is 6.13. The molecule has 2 heterocycles. The molecule has 124 valence electrons. The Morgan fingerprint density at radius 1 is 1.35 bits per heavy atom. The van der Waals surface area contributed by atoms with Gasteiger partial charge in [-0.2, -0.15) is 0 Å². The fourth-order valence-electron chi connectivity index (χ4n) is 3.14. The topological polar surface area (TPSA) is 95.1 Å². The van der Waals surface area contributed by atoms with Crippen LogP contribution in [-0.4, -0.2) is 37.7 Å². The Bertz CT molecular complexity index is 619. The van der Waals surface area contributed by atoms with Gasteiger partial charge in [-0.3, -0.25) is 9.59 Å². The van der Waals surface area contributed by atoms with Crippen molar-refractivity contribution in [2.75, 3.05) is 25.2 Å². The number of hydrogen-bond donors (Lipinski definition) is 3. The SMILES string of the molecule is C[C@H](C(=O)Nc1ccc2c(c1)OCO2)[NH+]1CCC[C@H](C(N)=O)C1. The number of nitrogens with two attached hydrogens (primary N) is 1. The summed E-state index contributed by atoms with van der Waals surface area (Å²) in [7, 11) is 0. The molecule has 3 atom stereocenters. The number of ether oxygens (including phenoxy) is 2. The molecule has 0 bridgehead atoms. The highest BCUT2D eigenvalue weighted by Crippen LogP contribution is 2.34. The summed E-state index contributed by atoms with van der Waals surface area (Å²) in [5, 5.41) is 2.90. The lowest BCUT2D eigenvalue weighted by Crippen LogP contribution is -3.18. The van der Waals surface area contributed by atoms with E-state index >= 15 is 0 Å². The number of rotatable bonds is 4. The second kappa shape index (κ2) is 6.45. The molecule has 7 nitrogen and oxygen atoms in total. The van der Waals surface area contributed by atoms with E-state index in [-0.39, 0.29) is 30.6 Å². The van der Waals surface area contributed by atoms with Gasteiger partial charge in [-0.25, -0.2) is 0 Å². The standard InChI is InChI=1S/C16H21N3O4/c1-10(19-6-2-3-11(8-19)15(17)20)16(21)18-12-4-5-13-14(7-12)23-9-22-13/h4-5,7,10-11H,2-3,6,8-9H2,1H3,(H2,17,20)(H,18,21)/p+1/t10-,11+/m1/s1. The van der Waals surface area contributed by atoms with Crippen LogP contribution < -0.4 is 25.4 Å². The summed E-state index contributed by atoms with van der Waals surface area (Å²) in [6, 6.07) is 5.07. The minimum atomic E-state index is -0.273. The third kappa shape index (κ3) is 3.39. The van der Waals surface area contributed by atoms with E-state index in [0.29, 0.717) is 23.7 Å². The molecule has 0 radical (unpaired) electrons. The van der Waals surface area contributed by atoms with Crippen molar-refractivity contribution in [2.45, 2.75) is 25.8 Å². The number of amides is 2. The summed E-state index contributed by atoms with van der Waals surface area (Å²) in [5.74, 6) is 0.825. The van der Waals surface area contributed by atoms with Gasteiger partial charge in [-0.15, -0.1) is 0 Å². The Hall–Kier alpha value is -2.28. The molecule has 23 heavy (non-hydrogen) atoms. The van der Waals surface area contributed by atoms with E-state index in [0.717, 1.165) is 24.3 Å². The van der Waals surface area contributed by atoms with E-state index in [4.69, 9.17) is 15.2 Å². The normalized spacial score (nSPS) is 24.0. The van der Waals surface area contributed by atoms with Crippen molar-refractivity contribution < 1.29 is 24.0 Å². The predicted molar refractivity (Wildman–Crippen MR) is 83.3 cm³/mol. The van der Waals surface area contributed by atoms with Gasteiger partial charge < -0.3 is 25.4 Å². The maximum Gasteiger partial charge on any atom is 0.282 e. The number of benzene rings is 1. The van der Waals surface area contributed by atoms with Gasteiger partial charge in [0, 0.05) is 11.8 Å². The number of primary amides is 1. The first-order chi connectivity index (χ1) is 11.0. The Morgan fingerprint density at radius 2 is 2.13 bits per heavy atom. The van der Waals surface area contributed by atoms with Crippen molar-refractivity contribution in [1.29, 1.82) is 0 Å². The monoisotopic (exact) mass is 320 g/mol. The molecule has 0 aromatic heterocycles. The molecular weight excluding hydrogens is 298 g/mol. The quantitative estimate of drug-likeness (QED) is 0.698. The van der Waals surface area contributed by atoms with Crippen LogP contribution in [0, 0.1) is 5.92 Å². The first-order valence-corrected chi connectivity index (χ1v) is 7.89. The van der Waals surface area contributed by atoms with Crippen LogP contribution in [0.3, 0.4) is 0 Å². The first-order valence-electron chi connectivity index (χ1n) is 7.89. The van der Waals surface area contributed by atoms with Gasteiger partial charge in [0.15, 0.2) is 17.5 Å². The number of quaternary nitrogens is 1. The summed E-state index contributed by atoms with van der Waals surface area (Å²) < 4.78 is 10.6. The minimum Gasteiger partial charge on any atom is -0.454 e. The van der Waals surface area contributed by atoms with Gasteiger partial charge in [0.05, 0.1) is 19.0 Å². The van der Waals surface area contributed by atoms with Crippen molar-refractivity contribution in [3.63, 3.8) is 0 Å². The first kappa shape index (κ1) is 15.6. The summed E-state index contributed by atoms with van der Waals surface area (Å²) in [6.07, 6.45) is 1.72. The van der Waals surface area contributed by atoms with E-state index in [1.165, 1.54) is 0 Å². The van der Waals surface area contributed by atoms with Gasteiger partial charge in [0.25, 0.3) is 5.91 Å². The number of fused-ring (bicyclic) bond motifs is 1. The molecule has 7 heteroatoms. The number of carbonyl (C=O) groups excluding carboxylic acids is 2. The van der Waals surface area contributed by atoms with Gasteiger partial charge in [0.1, 0.15) is 0 Å². The summed E-state index contributed by atoms with van der Waals surface area (Å²) in [4.78, 5) is 24.9. The van der Waals surface area contributed by atoms with Gasteiger partial charge in [0.2, 0.25) is 12.7 Å². The van der Waals surface area contributed by atoms with Crippen molar-refractivity contribution in [1.82, 2.24) is 0 Å². The molecule has 4 N–H and O–H groups in total. The number of carbonyl (C=O) groups is 2. The van der Waals surface area contributed by atoms with Crippen LogP contribution in [-0.2, 0) is 9.59 Å². The zero-order chi connectivity index (χ0) is 16.4. The lowest BCUT2D eigenvalue weighted by molar-refractivity contribution is -0.921. The van der Waals surface area contributed by atoms with Crippen LogP contribution in [0.15, 0.2) is 18.2 Å². The van der Waals surface area contributed by atoms with Crippen LogP contribution in [0.2, 0.25) is 0 Å². The Kier molecular flexibility index (Phi) is 4.38. The number of likely N-dealkylation sites (tertiary alicyclic amines) is 1. The summed E-state index contributed by atoms with van der Waals surface area (Å²) >= 11 is 0. The maximum atomic E-state index is 12.5. The van der Waals surface area contributed by atoms with E-state index in [1.54, 1.807) is 18.2 Å². The van der Waals surface area contributed by atoms with Crippen LogP contribution >= 0.6 is 0 Å².